The van der Waals surface area contributed by atoms with Crippen molar-refractivity contribution in [1.29, 1.82) is 5.26 Å². The number of nitrogens with zero attached hydrogens (tertiary/aromatic N) is 1. The molecular formula is C9H4BrNO3. The van der Waals surface area contributed by atoms with Crippen LogP contribution in [0.25, 0.3) is 0 Å². The van der Waals surface area contributed by atoms with Crippen molar-refractivity contribution < 1.29 is 14.7 Å². The summed E-state index contributed by atoms with van der Waals surface area (Å²) in [5.74, 6) is -1.18. The van der Waals surface area contributed by atoms with Gasteiger partial charge in [-0.1, -0.05) is 0 Å². The number of nitriles is 1. The Kier molecular flexibility index (Phi) is 2.99. The van der Waals surface area contributed by atoms with Crippen molar-refractivity contribution in [3.8, 4) is 6.07 Å². The summed E-state index contributed by atoms with van der Waals surface area (Å²) in [7, 11) is 0. The Labute approximate surface area is 87.9 Å². The third-order valence-corrected chi connectivity index (χ3v) is 2.47. The summed E-state index contributed by atoms with van der Waals surface area (Å²) >= 11 is 2.98. The Morgan fingerprint density at radius 1 is 1.57 bits per heavy atom. The van der Waals surface area contributed by atoms with Crippen LogP contribution in [0.4, 0.5) is 0 Å². The van der Waals surface area contributed by atoms with Gasteiger partial charge >= 0.3 is 5.97 Å². The number of carbonyl (C=O) groups is 2. The van der Waals surface area contributed by atoms with Gasteiger partial charge in [0, 0.05) is 10.0 Å². The molecule has 5 heteroatoms. The van der Waals surface area contributed by atoms with Crippen LogP contribution < -0.4 is 0 Å². The summed E-state index contributed by atoms with van der Waals surface area (Å²) < 4.78 is 0.194. The Morgan fingerprint density at radius 3 is 2.64 bits per heavy atom. The molecule has 0 fully saturated rings. The first-order valence-corrected chi connectivity index (χ1v) is 4.31. The minimum Gasteiger partial charge on any atom is -0.478 e. The molecule has 0 saturated heterocycles. The van der Waals surface area contributed by atoms with Crippen LogP contribution in [-0.4, -0.2) is 17.4 Å². The van der Waals surface area contributed by atoms with Gasteiger partial charge in [0.05, 0.1) is 17.2 Å². The molecule has 0 atom stereocenters. The summed E-state index contributed by atoms with van der Waals surface area (Å²) in [6, 6.07) is 4.31. The van der Waals surface area contributed by atoms with Crippen molar-refractivity contribution in [3.63, 3.8) is 0 Å². The maximum atomic E-state index is 10.7. The molecular weight excluding hydrogens is 250 g/mol. The highest BCUT2D eigenvalue weighted by molar-refractivity contribution is 9.10. The molecule has 0 radical (unpaired) electrons. The van der Waals surface area contributed by atoms with E-state index < -0.39 is 5.97 Å². The van der Waals surface area contributed by atoms with Crippen LogP contribution in [-0.2, 0) is 0 Å². The average molecular weight is 254 g/mol. The van der Waals surface area contributed by atoms with Gasteiger partial charge in [-0.25, -0.2) is 4.79 Å². The molecule has 0 aliphatic heterocycles. The Balaban J connectivity index is 3.51. The van der Waals surface area contributed by atoms with Crippen molar-refractivity contribution in [1.82, 2.24) is 0 Å². The molecule has 4 nitrogen and oxygen atoms in total. The van der Waals surface area contributed by atoms with E-state index in [1.54, 1.807) is 6.07 Å². The third-order valence-electron chi connectivity index (χ3n) is 1.59. The van der Waals surface area contributed by atoms with E-state index in [1.165, 1.54) is 12.1 Å². The number of carbonyl (C=O) groups excluding carboxylic acids is 1. The summed E-state index contributed by atoms with van der Waals surface area (Å²) in [6.07, 6.45) is 0.497. The van der Waals surface area contributed by atoms with Gasteiger partial charge in [0.15, 0.2) is 6.29 Å². The molecule has 0 bridgehead atoms. The molecule has 0 aliphatic carbocycles. The zero-order chi connectivity index (χ0) is 10.7. The van der Waals surface area contributed by atoms with Crippen molar-refractivity contribution in [2.24, 2.45) is 0 Å². The molecule has 1 rings (SSSR count). The van der Waals surface area contributed by atoms with E-state index in [1.807, 2.05) is 0 Å². The molecule has 1 aromatic rings. The standard InChI is InChI=1S/C9H4BrNO3/c10-8-6(4-12)1-5(3-11)2-7(8)9(13)14/h1-2,4H,(H,13,14). The fourth-order valence-corrected chi connectivity index (χ4v) is 1.44. The van der Waals surface area contributed by atoms with Crippen LogP contribution in [0, 0.1) is 11.3 Å². The van der Waals surface area contributed by atoms with Crippen LogP contribution in [0.1, 0.15) is 26.3 Å². The number of hydrogen-bond acceptors (Lipinski definition) is 3. The van der Waals surface area contributed by atoms with Gasteiger partial charge in [-0.3, -0.25) is 4.79 Å². The molecule has 0 heterocycles. The highest BCUT2D eigenvalue weighted by Crippen LogP contribution is 2.22. The quantitative estimate of drug-likeness (QED) is 0.816. The van der Waals surface area contributed by atoms with Crippen molar-refractivity contribution in [2.45, 2.75) is 0 Å². The molecule has 0 saturated carbocycles. The number of hydrogen-bond donors (Lipinski definition) is 1. The predicted octanol–water partition coefficient (Wildman–Crippen LogP) is 1.83. The second kappa shape index (κ2) is 4.03. The van der Waals surface area contributed by atoms with Gasteiger partial charge in [-0.05, 0) is 28.1 Å². The molecule has 0 amide bonds. The number of carboxylic acids is 1. The second-order valence-corrected chi connectivity index (χ2v) is 3.25. The minimum atomic E-state index is -1.18. The predicted molar refractivity (Wildman–Crippen MR) is 51.2 cm³/mol. The molecule has 0 aliphatic rings. The Hall–Kier alpha value is -1.67. The van der Waals surface area contributed by atoms with Crippen molar-refractivity contribution in [3.05, 3.63) is 33.3 Å². The Morgan fingerprint density at radius 2 is 2.21 bits per heavy atom. The van der Waals surface area contributed by atoms with E-state index in [-0.39, 0.29) is 21.2 Å². The summed E-state index contributed by atoms with van der Waals surface area (Å²) in [5, 5.41) is 17.3. The van der Waals surface area contributed by atoms with E-state index in [2.05, 4.69) is 15.9 Å². The number of aromatic carboxylic acids is 1. The number of aldehydes is 1. The minimum absolute atomic E-state index is 0.0915. The molecule has 1 aromatic carbocycles. The SMILES string of the molecule is N#Cc1cc(C=O)c(Br)c(C(=O)O)c1. The molecule has 0 spiro atoms. The van der Waals surface area contributed by atoms with E-state index in [9.17, 15) is 9.59 Å². The largest absolute Gasteiger partial charge is 0.478 e. The summed E-state index contributed by atoms with van der Waals surface area (Å²) in [4.78, 5) is 21.2. The normalized spacial score (nSPS) is 9.14. The molecule has 1 N–H and O–H groups in total. The van der Waals surface area contributed by atoms with Crippen LogP contribution >= 0.6 is 15.9 Å². The van der Waals surface area contributed by atoms with Gasteiger partial charge < -0.3 is 5.11 Å². The first-order chi connectivity index (χ1) is 6.60. The first kappa shape index (κ1) is 10.4. The van der Waals surface area contributed by atoms with Crippen LogP contribution in [0.15, 0.2) is 16.6 Å². The lowest BCUT2D eigenvalue weighted by Crippen LogP contribution is -2.01. The maximum absolute atomic E-state index is 10.7. The monoisotopic (exact) mass is 253 g/mol. The molecule has 0 unspecified atom stereocenters. The van der Waals surface area contributed by atoms with Gasteiger partial charge in [0.25, 0.3) is 0 Å². The zero-order valence-corrected chi connectivity index (χ0v) is 8.41. The van der Waals surface area contributed by atoms with Crippen molar-refractivity contribution >= 4 is 28.2 Å². The van der Waals surface area contributed by atoms with E-state index >= 15 is 0 Å². The van der Waals surface area contributed by atoms with Gasteiger partial charge in [0.1, 0.15) is 0 Å². The number of rotatable bonds is 2. The topological polar surface area (TPSA) is 78.2 Å². The fourth-order valence-electron chi connectivity index (χ4n) is 0.953. The highest BCUT2D eigenvalue weighted by Gasteiger charge is 2.13. The number of carboxylic acid groups (broad SMARTS) is 1. The fraction of sp³-hybridized carbons (Fsp3) is 0. The van der Waals surface area contributed by atoms with Gasteiger partial charge in [-0.2, -0.15) is 5.26 Å². The first-order valence-electron chi connectivity index (χ1n) is 3.52. The van der Waals surface area contributed by atoms with E-state index in [4.69, 9.17) is 10.4 Å². The van der Waals surface area contributed by atoms with Crippen LogP contribution in [0.3, 0.4) is 0 Å². The maximum Gasteiger partial charge on any atom is 0.336 e. The lowest BCUT2D eigenvalue weighted by Gasteiger charge is -2.02. The van der Waals surface area contributed by atoms with Gasteiger partial charge in [-0.15, -0.1) is 0 Å². The second-order valence-electron chi connectivity index (χ2n) is 2.46. The summed E-state index contributed by atoms with van der Waals surface area (Å²) in [6.45, 7) is 0. The average Bonchev–Trinajstić information content (AvgIpc) is 2.17. The summed E-state index contributed by atoms with van der Waals surface area (Å²) in [5.41, 5.74) is 0.209. The molecule has 0 aromatic heterocycles. The molecule has 70 valence electrons. The van der Waals surface area contributed by atoms with Gasteiger partial charge in [0.2, 0.25) is 0 Å². The Bertz CT molecular complexity index is 448. The zero-order valence-electron chi connectivity index (χ0n) is 6.82. The lowest BCUT2D eigenvalue weighted by molar-refractivity contribution is 0.0696. The third kappa shape index (κ3) is 1.80. The number of benzene rings is 1. The van der Waals surface area contributed by atoms with Crippen LogP contribution in [0.5, 0.6) is 0 Å². The van der Waals surface area contributed by atoms with E-state index in [0.717, 1.165) is 0 Å². The molecule has 14 heavy (non-hydrogen) atoms. The smallest absolute Gasteiger partial charge is 0.336 e. The van der Waals surface area contributed by atoms with Crippen molar-refractivity contribution in [2.75, 3.05) is 0 Å². The van der Waals surface area contributed by atoms with Crippen LogP contribution in [0.2, 0.25) is 0 Å². The van der Waals surface area contributed by atoms with E-state index in [0.29, 0.717) is 6.29 Å². The number of halogens is 1. The highest BCUT2D eigenvalue weighted by atomic mass is 79.9. The lowest BCUT2D eigenvalue weighted by atomic mass is 10.1.